The quantitative estimate of drug-likeness (QED) is 0.820. The summed E-state index contributed by atoms with van der Waals surface area (Å²) in [4.78, 5) is 14.7. The highest BCUT2D eigenvalue weighted by Gasteiger charge is 2.51. The summed E-state index contributed by atoms with van der Waals surface area (Å²) in [5.74, 6) is -0.00910. The molecular formula is C20H26F3NO3. The molecule has 1 aromatic carbocycles. The number of carbonyl (C=O) groups is 1. The van der Waals surface area contributed by atoms with Crippen LogP contribution < -0.4 is 4.90 Å². The van der Waals surface area contributed by atoms with E-state index in [1.165, 1.54) is 24.3 Å². The van der Waals surface area contributed by atoms with Crippen molar-refractivity contribution in [3.05, 3.63) is 29.8 Å². The van der Waals surface area contributed by atoms with E-state index in [0.29, 0.717) is 44.3 Å². The Morgan fingerprint density at radius 2 is 1.70 bits per heavy atom. The van der Waals surface area contributed by atoms with E-state index in [9.17, 15) is 28.2 Å². The standard InChI is InChI=1S/C20H26F3NO3/c1-2-7-19(27)10-8-18(9-11-19)12-13-24(17(18)26)15-5-3-14(4-6-15)16(25)20(21,22)23/h3-6,16,25,27H,2,7-13H2,1H3/t16-,18-,19+/m0/s1. The summed E-state index contributed by atoms with van der Waals surface area (Å²) in [7, 11) is 0. The molecule has 27 heavy (non-hydrogen) atoms. The fraction of sp³-hybridized carbons (Fsp3) is 0.650. The number of benzene rings is 1. The average molecular weight is 385 g/mol. The number of halogens is 3. The highest BCUT2D eigenvalue weighted by atomic mass is 19.4. The first-order valence-corrected chi connectivity index (χ1v) is 9.49. The zero-order valence-corrected chi connectivity index (χ0v) is 15.4. The third-order valence-electron chi connectivity index (χ3n) is 6.20. The predicted molar refractivity (Wildman–Crippen MR) is 95.2 cm³/mol. The van der Waals surface area contributed by atoms with Gasteiger partial charge >= 0.3 is 6.18 Å². The molecule has 2 fully saturated rings. The number of alkyl halides is 3. The van der Waals surface area contributed by atoms with Crippen LogP contribution in [0.2, 0.25) is 0 Å². The highest BCUT2D eigenvalue weighted by Crippen LogP contribution is 2.49. The van der Waals surface area contributed by atoms with Crippen molar-refractivity contribution in [1.29, 1.82) is 0 Å². The molecule has 7 heteroatoms. The Balaban J connectivity index is 1.71. The van der Waals surface area contributed by atoms with Crippen LogP contribution in [0.3, 0.4) is 0 Å². The van der Waals surface area contributed by atoms with Crippen LogP contribution in [-0.4, -0.2) is 34.4 Å². The first-order chi connectivity index (χ1) is 12.6. The van der Waals surface area contributed by atoms with E-state index in [1.54, 1.807) is 4.90 Å². The smallest absolute Gasteiger partial charge is 0.390 e. The van der Waals surface area contributed by atoms with Gasteiger partial charge < -0.3 is 15.1 Å². The van der Waals surface area contributed by atoms with E-state index >= 15 is 0 Å². The van der Waals surface area contributed by atoms with Crippen molar-refractivity contribution in [3.8, 4) is 0 Å². The number of carbonyl (C=O) groups excluding carboxylic acids is 1. The van der Waals surface area contributed by atoms with E-state index in [-0.39, 0.29) is 11.5 Å². The fourth-order valence-electron chi connectivity index (χ4n) is 4.47. The zero-order valence-electron chi connectivity index (χ0n) is 15.4. The molecule has 0 bridgehead atoms. The number of nitrogens with zero attached hydrogens (tertiary/aromatic N) is 1. The second-order valence-corrected chi connectivity index (χ2v) is 8.00. The molecule has 1 aliphatic carbocycles. The summed E-state index contributed by atoms with van der Waals surface area (Å²) in [6.07, 6.45) is -2.40. The van der Waals surface area contributed by atoms with Crippen molar-refractivity contribution in [3.63, 3.8) is 0 Å². The van der Waals surface area contributed by atoms with Crippen LogP contribution in [0.25, 0.3) is 0 Å². The first kappa shape index (κ1) is 20.1. The average Bonchev–Trinajstić information content (AvgIpc) is 2.94. The van der Waals surface area contributed by atoms with Gasteiger partial charge in [-0.25, -0.2) is 0 Å². The molecule has 1 aromatic rings. The van der Waals surface area contributed by atoms with Crippen LogP contribution in [0.5, 0.6) is 0 Å². The second-order valence-electron chi connectivity index (χ2n) is 8.00. The predicted octanol–water partition coefficient (Wildman–Crippen LogP) is 4.11. The Labute approximate surface area is 157 Å². The van der Waals surface area contributed by atoms with Gasteiger partial charge in [0.05, 0.1) is 11.0 Å². The topological polar surface area (TPSA) is 60.8 Å². The molecule has 1 spiro atoms. The van der Waals surface area contributed by atoms with Gasteiger partial charge in [-0.05, 0) is 56.2 Å². The van der Waals surface area contributed by atoms with Crippen molar-refractivity contribution in [1.82, 2.24) is 0 Å². The Morgan fingerprint density at radius 1 is 1.11 bits per heavy atom. The lowest BCUT2D eigenvalue weighted by Crippen LogP contribution is -2.43. The summed E-state index contributed by atoms with van der Waals surface area (Å²) in [5, 5.41) is 19.9. The number of hydrogen-bond donors (Lipinski definition) is 2. The van der Waals surface area contributed by atoms with Crippen molar-refractivity contribution in [2.75, 3.05) is 11.4 Å². The van der Waals surface area contributed by atoms with Crippen LogP contribution in [0.4, 0.5) is 18.9 Å². The van der Waals surface area contributed by atoms with E-state index in [4.69, 9.17) is 0 Å². The van der Waals surface area contributed by atoms with E-state index < -0.39 is 23.3 Å². The summed E-state index contributed by atoms with van der Waals surface area (Å²) in [6.45, 7) is 2.55. The summed E-state index contributed by atoms with van der Waals surface area (Å²) >= 11 is 0. The largest absolute Gasteiger partial charge is 0.418 e. The maximum atomic E-state index is 13.0. The third-order valence-corrected chi connectivity index (χ3v) is 6.20. The van der Waals surface area contributed by atoms with Crippen LogP contribution in [0, 0.1) is 5.41 Å². The monoisotopic (exact) mass is 385 g/mol. The molecule has 2 N–H and O–H groups in total. The van der Waals surface area contributed by atoms with Gasteiger partial charge in [-0.15, -0.1) is 0 Å². The van der Waals surface area contributed by atoms with Gasteiger partial charge in [-0.3, -0.25) is 4.79 Å². The minimum atomic E-state index is -4.72. The molecular weight excluding hydrogens is 359 g/mol. The van der Waals surface area contributed by atoms with E-state index in [1.807, 2.05) is 6.92 Å². The van der Waals surface area contributed by atoms with Crippen molar-refractivity contribution < 1.29 is 28.2 Å². The molecule has 150 valence electrons. The van der Waals surface area contributed by atoms with Crippen molar-refractivity contribution >= 4 is 11.6 Å². The Kier molecular flexibility index (Phi) is 5.29. The molecule has 3 rings (SSSR count). The Morgan fingerprint density at radius 3 is 2.22 bits per heavy atom. The van der Waals surface area contributed by atoms with E-state index in [2.05, 4.69) is 0 Å². The maximum Gasteiger partial charge on any atom is 0.418 e. The second kappa shape index (κ2) is 7.09. The Hall–Kier alpha value is -1.60. The molecule has 2 aliphatic rings. The normalized spacial score (nSPS) is 30.1. The summed E-state index contributed by atoms with van der Waals surface area (Å²) in [6, 6.07) is 5.34. The summed E-state index contributed by atoms with van der Waals surface area (Å²) < 4.78 is 37.9. The molecule has 1 saturated carbocycles. The lowest BCUT2D eigenvalue weighted by atomic mass is 9.67. The molecule has 1 amide bonds. The number of hydrogen-bond acceptors (Lipinski definition) is 3. The first-order valence-electron chi connectivity index (χ1n) is 9.49. The van der Waals surface area contributed by atoms with E-state index in [0.717, 1.165) is 12.8 Å². The molecule has 1 heterocycles. The number of rotatable bonds is 4. The van der Waals surface area contributed by atoms with Gasteiger partial charge in [0.15, 0.2) is 6.10 Å². The lowest BCUT2D eigenvalue weighted by molar-refractivity contribution is -0.206. The van der Waals surface area contributed by atoms with Crippen LogP contribution in [0.1, 0.15) is 63.5 Å². The zero-order chi connectivity index (χ0) is 19.9. The van der Waals surface area contributed by atoms with Gasteiger partial charge in [0.25, 0.3) is 0 Å². The molecule has 1 atom stereocenters. The molecule has 0 aromatic heterocycles. The van der Waals surface area contributed by atoms with Gasteiger partial charge in [0, 0.05) is 12.2 Å². The lowest BCUT2D eigenvalue weighted by Gasteiger charge is -2.41. The molecule has 1 aliphatic heterocycles. The molecule has 4 nitrogen and oxygen atoms in total. The van der Waals surface area contributed by atoms with Gasteiger partial charge in [0.2, 0.25) is 5.91 Å². The van der Waals surface area contributed by atoms with Gasteiger partial charge in [-0.2, -0.15) is 13.2 Å². The van der Waals surface area contributed by atoms with Crippen LogP contribution in [0.15, 0.2) is 24.3 Å². The minimum Gasteiger partial charge on any atom is -0.390 e. The fourth-order valence-corrected chi connectivity index (χ4v) is 4.47. The SMILES string of the molecule is CCC[C@]1(O)CC[C@]2(CCN(c3ccc([C@H](O)C(F)(F)F)cc3)C2=O)CC1. The van der Waals surface area contributed by atoms with Gasteiger partial charge in [0.1, 0.15) is 0 Å². The maximum absolute atomic E-state index is 13.0. The number of aliphatic hydroxyl groups excluding tert-OH is 1. The molecule has 1 saturated heterocycles. The number of amides is 1. The minimum absolute atomic E-state index is 0.00910. The van der Waals surface area contributed by atoms with Crippen molar-refractivity contribution in [2.45, 2.75) is 69.8 Å². The number of anilines is 1. The number of aliphatic hydroxyl groups is 2. The van der Waals surface area contributed by atoms with Crippen LogP contribution >= 0.6 is 0 Å². The molecule has 0 unspecified atom stereocenters. The molecule has 0 radical (unpaired) electrons. The van der Waals surface area contributed by atoms with Gasteiger partial charge in [-0.1, -0.05) is 25.5 Å². The summed E-state index contributed by atoms with van der Waals surface area (Å²) in [5.41, 5.74) is -0.841. The Bertz CT molecular complexity index is 679. The van der Waals surface area contributed by atoms with Crippen LogP contribution in [-0.2, 0) is 4.79 Å². The highest BCUT2D eigenvalue weighted by molar-refractivity contribution is 6.00. The third kappa shape index (κ3) is 3.85. The van der Waals surface area contributed by atoms with Crippen molar-refractivity contribution in [2.24, 2.45) is 5.41 Å².